The molecule has 3 aromatic rings. The smallest absolute Gasteiger partial charge is 0.170 e. The number of benzene rings is 2. The quantitative estimate of drug-likeness (QED) is 0.697. The van der Waals surface area contributed by atoms with Crippen molar-refractivity contribution < 1.29 is 9.13 Å². The number of halogens is 1. The number of aryl methyl sites for hydroxylation is 1. The van der Waals surface area contributed by atoms with Crippen molar-refractivity contribution in [1.29, 1.82) is 0 Å². The van der Waals surface area contributed by atoms with Gasteiger partial charge in [-0.1, -0.05) is 30.3 Å². The standard InChI is InChI=1S/C17H16FNO/c1-12-10-13-6-3-4-8-15(13)19(12)11-14-7-5-9-16(20-2)17(14)18/h3-10H,11H2,1-2H3. The first-order chi connectivity index (χ1) is 9.70. The second-order valence-electron chi connectivity index (χ2n) is 4.86. The highest BCUT2D eigenvalue weighted by molar-refractivity contribution is 5.81. The number of methoxy groups -OCH3 is 1. The molecule has 0 spiro atoms. The number of para-hydroxylation sites is 1. The number of nitrogens with zero attached hydrogens (tertiary/aromatic N) is 1. The molecular formula is C17H16FNO. The third-order valence-electron chi connectivity index (χ3n) is 3.61. The Bertz CT molecular complexity index is 761. The van der Waals surface area contributed by atoms with Gasteiger partial charge in [0.05, 0.1) is 13.7 Å². The SMILES string of the molecule is COc1cccc(Cn2c(C)cc3ccccc32)c1F. The van der Waals surface area contributed by atoms with Gasteiger partial charge in [-0.05, 0) is 30.5 Å². The Morgan fingerprint density at radius 1 is 1.10 bits per heavy atom. The van der Waals surface area contributed by atoms with Gasteiger partial charge in [-0.3, -0.25) is 0 Å². The van der Waals surface area contributed by atoms with E-state index in [1.165, 1.54) is 12.5 Å². The minimum atomic E-state index is -0.285. The van der Waals surface area contributed by atoms with Crippen LogP contribution < -0.4 is 4.74 Å². The Balaban J connectivity index is 2.08. The summed E-state index contributed by atoms with van der Waals surface area (Å²) in [5, 5.41) is 1.17. The number of ether oxygens (including phenoxy) is 1. The van der Waals surface area contributed by atoms with Crippen LogP contribution in [0.15, 0.2) is 48.5 Å². The number of hydrogen-bond donors (Lipinski definition) is 0. The van der Waals surface area contributed by atoms with Gasteiger partial charge in [0.2, 0.25) is 0 Å². The van der Waals surface area contributed by atoms with Gasteiger partial charge in [-0.15, -0.1) is 0 Å². The molecule has 20 heavy (non-hydrogen) atoms. The van der Waals surface area contributed by atoms with E-state index in [2.05, 4.69) is 22.8 Å². The normalized spacial score (nSPS) is 10.9. The Labute approximate surface area is 117 Å². The highest BCUT2D eigenvalue weighted by Crippen LogP contribution is 2.24. The van der Waals surface area contributed by atoms with Gasteiger partial charge in [-0.25, -0.2) is 4.39 Å². The highest BCUT2D eigenvalue weighted by atomic mass is 19.1. The van der Waals surface area contributed by atoms with Crippen LogP contribution in [0.4, 0.5) is 4.39 Å². The third kappa shape index (κ3) is 2.05. The van der Waals surface area contributed by atoms with E-state index in [4.69, 9.17) is 4.74 Å². The highest BCUT2D eigenvalue weighted by Gasteiger charge is 2.11. The first kappa shape index (κ1) is 12.7. The van der Waals surface area contributed by atoms with Crippen molar-refractivity contribution in [3.8, 4) is 5.75 Å². The molecule has 0 aliphatic heterocycles. The second kappa shape index (κ2) is 5.00. The van der Waals surface area contributed by atoms with Gasteiger partial charge < -0.3 is 9.30 Å². The van der Waals surface area contributed by atoms with Gasteiger partial charge in [-0.2, -0.15) is 0 Å². The molecule has 2 aromatic carbocycles. The van der Waals surface area contributed by atoms with Crippen molar-refractivity contribution in [2.45, 2.75) is 13.5 Å². The van der Waals surface area contributed by atoms with E-state index in [0.717, 1.165) is 11.2 Å². The number of aromatic nitrogens is 1. The molecule has 0 amide bonds. The summed E-state index contributed by atoms with van der Waals surface area (Å²) in [7, 11) is 1.48. The van der Waals surface area contributed by atoms with Crippen LogP contribution in [0.25, 0.3) is 10.9 Å². The van der Waals surface area contributed by atoms with Crippen molar-refractivity contribution in [1.82, 2.24) is 4.57 Å². The molecule has 3 rings (SSSR count). The topological polar surface area (TPSA) is 14.2 Å². The zero-order valence-electron chi connectivity index (χ0n) is 11.6. The van der Waals surface area contributed by atoms with Crippen molar-refractivity contribution >= 4 is 10.9 Å². The van der Waals surface area contributed by atoms with Gasteiger partial charge in [0.25, 0.3) is 0 Å². The molecule has 102 valence electrons. The van der Waals surface area contributed by atoms with Gasteiger partial charge in [0, 0.05) is 16.8 Å². The lowest BCUT2D eigenvalue weighted by molar-refractivity contribution is 0.383. The molecule has 0 fully saturated rings. The largest absolute Gasteiger partial charge is 0.494 e. The molecule has 0 saturated heterocycles. The fraction of sp³-hybridized carbons (Fsp3) is 0.176. The molecule has 0 aliphatic carbocycles. The lowest BCUT2D eigenvalue weighted by atomic mass is 10.2. The van der Waals surface area contributed by atoms with Crippen LogP contribution in [0, 0.1) is 12.7 Å². The van der Waals surface area contributed by atoms with Crippen LogP contribution in [0.5, 0.6) is 5.75 Å². The molecule has 0 bridgehead atoms. The van der Waals surface area contributed by atoms with E-state index >= 15 is 0 Å². The summed E-state index contributed by atoms with van der Waals surface area (Å²) < 4.78 is 21.4. The minimum absolute atomic E-state index is 0.285. The summed E-state index contributed by atoms with van der Waals surface area (Å²) in [6, 6.07) is 15.5. The third-order valence-corrected chi connectivity index (χ3v) is 3.61. The average molecular weight is 269 g/mol. The molecule has 0 aliphatic rings. The summed E-state index contributed by atoms with van der Waals surface area (Å²) >= 11 is 0. The lowest BCUT2D eigenvalue weighted by Crippen LogP contribution is -2.04. The van der Waals surface area contributed by atoms with Crippen molar-refractivity contribution in [2.75, 3.05) is 7.11 Å². The molecule has 1 aromatic heterocycles. The van der Waals surface area contributed by atoms with Crippen LogP contribution in [-0.2, 0) is 6.54 Å². The number of hydrogen-bond acceptors (Lipinski definition) is 1. The first-order valence-electron chi connectivity index (χ1n) is 6.57. The molecule has 2 nitrogen and oxygen atoms in total. The van der Waals surface area contributed by atoms with Crippen molar-refractivity contribution in [3.63, 3.8) is 0 Å². The van der Waals surface area contributed by atoms with Gasteiger partial charge in [0.1, 0.15) is 0 Å². The lowest BCUT2D eigenvalue weighted by Gasteiger charge is -2.11. The fourth-order valence-corrected chi connectivity index (χ4v) is 2.56. The Morgan fingerprint density at radius 3 is 2.70 bits per heavy atom. The van der Waals surface area contributed by atoms with E-state index in [0.29, 0.717) is 12.1 Å². The zero-order valence-corrected chi connectivity index (χ0v) is 11.6. The summed E-state index contributed by atoms with van der Waals surface area (Å²) in [6.45, 7) is 2.54. The average Bonchev–Trinajstić information content (AvgIpc) is 2.77. The molecule has 0 atom stereocenters. The van der Waals surface area contributed by atoms with E-state index in [1.54, 1.807) is 12.1 Å². The molecule has 3 heteroatoms. The Hall–Kier alpha value is -2.29. The van der Waals surface area contributed by atoms with Crippen LogP contribution in [0.3, 0.4) is 0 Å². The second-order valence-corrected chi connectivity index (χ2v) is 4.86. The Morgan fingerprint density at radius 2 is 1.90 bits per heavy atom. The number of fused-ring (bicyclic) bond motifs is 1. The molecule has 0 saturated carbocycles. The van der Waals surface area contributed by atoms with E-state index < -0.39 is 0 Å². The summed E-state index contributed by atoms with van der Waals surface area (Å²) in [5.74, 6) is 0.00351. The molecular weight excluding hydrogens is 253 g/mol. The van der Waals surface area contributed by atoms with Crippen molar-refractivity contribution in [2.24, 2.45) is 0 Å². The first-order valence-corrected chi connectivity index (χ1v) is 6.57. The van der Waals surface area contributed by atoms with Crippen LogP contribution in [0.2, 0.25) is 0 Å². The van der Waals surface area contributed by atoms with Crippen LogP contribution >= 0.6 is 0 Å². The summed E-state index contributed by atoms with van der Waals surface area (Å²) in [5.41, 5.74) is 2.87. The summed E-state index contributed by atoms with van der Waals surface area (Å²) in [4.78, 5) is 0. The maximum absolute atomic E-state index is 14.3. The minimum Gasteiger partial charge on any atom is -0.494 e. The Kier molecular flexibility index (Phi) is 3.18. The fourth-order valence-electron chi connectivity index (χ4n) is 2.56. The predicted molar refractivity (Wildman–Crippen MR) is 78.7 cm³/mol. The molecule has 0 radical (unpaired) electrons. The molecule has 0 N–H and O–H groups in total. The van der Waals surface area contributed by atoms with E-state index in [-0.39, 0.29) is 11.6 Å². The number of rotatable bonds is 3. The molecule has 1 heterocycles. The van der Waals surface area contributed by atoms with E-state index in [1.807, 2.05) is 25.1 Å². The van der Waals surface area contributed by atoms with Crippen molar-refractivity contribution in [3.05, 3.63) is 65.6 Å². The summed E-state index contributed by atoms with van der Waals surface area (Å²) in [6.07, 6.45) is 0. The maximum Gasteiger partial charge on any atom is 0.170 e. The molecule has 0 unspecified atom stereocenters. The van der Waals surface area contributed by atoms with Crippen LogP contribution in [-0.4, -0.2) is 11.7 Å². The van der Waals surface area contributed by atoms with E-state index in [9.17, 15) is 4.39 Å². The predicted octanol–water partition coefficient (Wildman–Crippen LogP) is 4.15. The monoisotopic (exact) mass is 269 g/mol. The van der Waals surface area contributed by atoms with Crippen LogP contribution in [0.1, 0.15) is 11.3 Å². The zero-order chi connectivity index (χ0) is 14.1. The van der Waals surface area contributed by atoms with Gasteiger partial charge in [0.15, 0.2) is 11.6 Å². The van der Waals surface area contributed by atoms with Gasteiger partial charge >= 0.3 is 0 Å². The maximum atomic E-state index is 14.3.